The molecule has 1 aliphatic heterocycles. The Bertz CT molecular complexity index is 372. The largest absolute Gasteiger partial charge is 0.416 e. The maximum absolute atomic E-state index is 12.4. The fraction of sp³-hybridized carbons (Fsp3) is 0.500. The second-order valence-electron chi connectivity index (χ2n) is 4.32. The van der Waals surface area contributed by atoms with E-state index >= 15 is 0 Å². The molecule has 1 aromatic carbocycles. The molecule has 0 aromatic heterocycles. The summed E-state index contributed by atoms with van der Waals surface area (Å²) in [5.41, 5.74) is 0.334. The Kier molecular flexibility index (Phi) is 3.40. The first kappa shape index (κ1) is 12.4. The Hall–Kier alpha value is -1.07. The van der Waals surface area contributed by atoms with Crippen molar-refractivity contribution in [1.82, 2.24) is 10.2 Å². The van der Waals surface area contributed by atoms with E-state index in [4.69, 9.17) is 0 Å². The molecule has 5 heteroatoms. The number of benzene rings is 1. The monoisotopic (exact) mass is 244 g/mol. The van der Waals surface area contributed by atoms with E-state index in [0.29, 0.717) is 0 Å². The number of rotatable bonds is 1. The molecule has 0 radical (unpaired) electrons. The molecule has 1 aromatic rings. The summed E-state index contributed by atoms with van der Waals surface area (Å²) in [6.45, 7) is 2.61. The standard InChI is InChI=1S/C12H15F3N2/c1-17-7-6-16-8-11(17)9-2-4-10(5-3-9)12(13,14)15/h2-5,11,16H,6-8H2,1H3/t11-/m0/s1. The Morgan fingerprint density at radius 3 is 2.41 bits per heavy atom. The van der Waals surface area contributed by atoms with Gasteiger partial charge in [0.1, 0.15) is 0 Å². The Morgan fingerprint density at radius 2 is 1.88 bits per heavy atom. The van der Waals surface area contributed by atoms with Crippen LogP contribution in [0.1, 0.15) is 17.2 Å². The minimum atomic E-state index is -4.25. The normalized spacial score (nSPS) is 22.7. The molecule has 0 saturated carbocycles. The van der Waals surface area contributed by atoms with Crippen LogP contribution in [-0.2, 0) is 6.18 Å². The van der Waals surface area contributed by atoms with Crippen LogP contribution in [0, 0.1) is 0 Å². The molecule has 94 valence electrons. The highest BCUT2D eigenvalue weighted by molar-refractivity contribution is 5.27. The van der Waals surface area contributed by atoms with Gasteiger partial charge in [-0.25, -0.2) is 0 Å². The lowest BCUT2D eigenvalue weighted by atomic mass is 10.0. The third kappa shape index (κ3) is 2.79. The highest BCUT2D eigenvalue weighted by Crippen LogP contribution is 2.30. The summed E-state index contributed by atoms with van der Waals surface area (Å²) < 4.78 is 37.2. The summed E-state index contributed by atoms with van der Waals surface area (Å²) in [6.07, 6.45) is -4.25. The van der Waals surface area contributed by atoms with Crippen molar-refractivity contribution in [3.63, 3.8) is 0 Å². The van der Waals surface area contributed by atoms with Crippen molar-refractivity contribution in [2.75, 3.05) is 26.7 Å². The topological polar surface area (TPSA) is 15.3 Å². The zero-order valence-corrected chi connectivity index (χ0v) is 9.59. The van der Waals surface area contributed by atoms with Crippen molar-refractivity contribution in [2.24, 2.45) is 0 Å². The number of hydrogen-bond acceptors (Lipinski definition) is 2. The third-order valence-corrected chi connectivity index (χ3v) is 3.13. The number of alkyl halides is 3. The van der Waals surface area contributed by atoms with Crippen LogP contribution < -0.4 is 5.32 Å². The highest BCUT2D eigenvalue weighted by Gasteiger charge is 2.30. The zero-order valence-electron chi connectivity index (χ0n) is 9.59. The second-order valence-corrected chi connectivity index (χ2v) is 4.32. The molecule has 1 aliphatic rings. The van der Waals surface area contributed by atoms with E-state index in [0.717, 1.165) is 37.3 Å². The van der Waals surface area contributed by atoms with Gasteiger partial charge in [-0.2, -0.15) is 13.2 Å². The molecule has 2 nitrogen and oxygen atoms in total. The number of nitrogens with zero attached hydrogens (tertiary/aromatic N) is 1. The van der Waals surface area contributed by atoms with E-state index in [1.807, 2.05) is 7.05 Å². The number of likely N-dealkylation sites (N-methyl/N-ethyl adjacent to an activating group) is 1. The maximum atomic E-state index is 12.4. The third-order valence-electron chi connectivity index (χ3n) is 3.13. The molecule has 0 aliphatic carbocycles. The van der Waals surface area contributed by atoms with Gasteiger partial charge in [0.2, 0.25) is 0 Å². The van der Waals surface area contributed by atoms with Gasteiger partial charge in [-0.1, -0.05) is 12.1 Å². The van der Waals surface area contributed by atoms with Gasteiger partial charge in [0.05, 0.1) is 5.56 Å². The van der Waals surface area contributed by atoms with Gasteiger partial charge in [0.15, 0.2) is 0 Å². The molecular formula is C12H15F3N2. The Labute approximate surface area is 98.4 Å². The molecule has 0 bridgehead atoms. The van der Waals surface area contributed by atoms with E-state index in [9.17, 15) is 13.2 Å². The molecule has 0 amide bonds. The van der Waals surface area contributed by atoms with Gasteiger partial charge in [-0.3, -0.25) is 4.90 Å². The predicted molar refractivity (Wildman–Crippen MR) is 59.7 cm³/mol. The molecule has 2 rings (SSSR count). The van der Waals surface area contributed by atoms with Gasteiger partial charge in [-0.15, -0.1) is 0 Å². The van der Waals surface area contributed by atoms with Crippen LogP contribution in [0.4, 0.5) is 13.2 Å². The molecule has 1 fully saturated rings. The lowest BCUT2D eigenvalue weighted by molar-refractivity contribution is -0.137. The average molecular weight is 244 g/mol. The average Bonchev–Trinajstić information content (AvgIpc) is 2.29. The SMILES string of the molecule is CN1CCNC[C@H]1c1ccc(C(F)(F)F)cc1. The van der Waals surface area contributed by atoms with E-state index in [1.54, 1.807) is 12.1 Å². The van der Waals surface area contributed by atoms with Crippen LogP contribution in [0.2, 0.25) is 0 Å². The lowest BCUT2D eigenvalue weighted by Crippen LogP contribution is -2.43. The minimum absolute atomic E-state index is 0.158. The van der Waals surface area contributed by atoms with Crippen molar-refractivity contribution in [2.45, 2.75) is 12.2 Å². The van der Waals surface area contributed by atoms with Crippen LogP contribution >= 0.6 is 0 Å². The van der Waals surface area contributed by atoms with Crippen LogP contribution in [0.15, 0.2) is 24.3 Å². The summed E-state index contributed by atoms with van der Waals surface area (Å²) in [7, 11) is 1.99. The molecule has 1 saturated heterocycles. The van der Waals surface area contributed by atoms with Gasteiger partial charge < -0.3 is 5.32 Å². The van der Waals surface area contributed by atoms with Gasteiger partial charge >= 0.3 is 6.18 Å². The van der Waals surface area contributed by atoms with Gasteiger partial charge in [0.25, 0.3) is 0 Å². The molecule has 17 heavy (non-hydrogen) atoms. The van der Waals surface area contributed by atoms with Crippen LogP contribution in [0.5, 0.6) is 0 Å². The predicted octanol–water partition coefficient (Wildman–Crippen LogP) is 2.28. The number of piperazine rings is 1. The summed E-state index contributed by atoms with van der Waals surface area (Å²) in [5.74, 6) is 0. The summed E-state index contributed by atoms with van der Waals surface area (Å²) in [6, 6.07) is 5.59. The van der Waals surface area contributed by atoms with E-state index in [-0.39, 0.29) is 6.04 Å². The first-order valence-electron chi connectivity index (χ1n) is 5.56. The van der Waals surface area contributed by atoms with E-state index < -0.39 is 11.7 Å². The quantitative estimate of drug-likeness (QED) is 0.815. The Balaban J connectivity index is 2.17. The van der Waals surface area contributed by atoms with Crippen LogP contribution in [-0.4, -0.2) is 31.6 Å². The zero-order chi connectivity index (χ0) is 12.5. The first-order valence-corrected chi connectivity index (χ1v) is 5.56. The van der Waals surface area contributed by atoms with Crippen molar-refractivity contribution in [1.29, 1.82) is 0 Å². The summed E-state index contributed by atoms with van der Waals surface area (Å²) >= 11 is 0. The first-order chi connectivity index (χ1) is 7.98. The maximum Gasteiger partial charge on any atom is 0.416 e. The molecule has 1 heterocycles. The van der Waals surface area contributed by atoms with Crippen LogP contribution in [0.3, 0.4) is 0 Å². The van der Waals surface area contributed by atoms with Gasteiger partial charge in [-0.05, 0) is 24.7 Å². The molecule has 1 N–H and O–H groups in total. The number of halogens is 3. The van der Waals surface area contributed by atoms with Gasteiger partial charge in [0, 0.05) is 25.7 Å². The van der Waals surface area contributed by atoms with Crippen molar-refractivity contribution < 1.29 is 13.2 Å². The lowest BCUT2D eigenvalue weighted by Gasteiger charge is -2.33. The minimum Gasteiger partial charge on any atom is -0.314 e. The fourth-order valence-electron chi connectivity index (χ4n) is 2.07. The number of hydrogen-bond donors (Lipinski definition) is 1. The molecule has 0 spiro atoms. The fourth-order valence-corrected chi connectivity index (χ4v) is 2.07. The van der Waals surface area contributed by atoms with Crippen molar-refractivity contribution >= 4 is 0 Å². The highest BCUT2D eigenvalue weighted by atomic mass is 19.4. The summed E-state index contributed by atoms with van der Waals surface area (Å²) in [4.78, 5) is 2.15. The number of nitrogens with one attached hydrogen (secondary N) is 1. The summed E-state index contributed by atoms with van der Waals surface area (Å²) in [5, 5.41) is 3.24. The smallest absolute Gasteiger partial charge is 0.314 e. The molecule has 1 atom stereocenters. The van der Waals surface area contributed by atoms with Crippen molar-refractivity contribution in [3.8, 4) is 0 Å². The second kappa shape index (κ2) is 4.66. The molecular weight excluding hydrogens is 229 g/mol. The molecule has 0 unspecified atom stereocenters. The van der Waals surface area contributed by atoms with E-state index in [1.165, 1.54) is 0 Å². The van der Waals surface area contributed by atoms with E-state index in [2.05, 4.69) is 10.2 Å². The Morgan fingerprint density at radius 1 is 1.24 bits per heavy atom. The van der Waals surface area contributed by atoms with Crippen molar-refractivity contribution in [3.05, 3.63) is 35.4 Å². The van der Waals surface area contributed by atoms with Crippen LogP contribution in [0.25, 0.3) is 0 Å².